The lowest BCUT2D eigenvalue weighted by molar-refractivity contribution is -0.274. The molecule has 1 aromatic heterocycles. The Morgan fingerprint density at radius 3 is 2.70 bits per heavy atom. The van der Waals surface area contributed by atoms with Crippen molar-refractivity contribution in [3.8, 4) is 5.75 Å². The molecule has 0 saturated heterocycles. The van der Waals surface area contributed by atoms with E-state index in [-0.39, 0.29) is 17.8 Å². The highest BCUT2D eigenvalue weighted by Gasteiger charge is 2.31. The van der Waals surface area contributed by atoms with E-state index >= 15 is 0 Å². The number of ether oxygens (including phenoxy) is 1. The Morgan fingerprint density at radius 2 is 1.96 bits per heavy atom. The van der Waals surface area contributed by atoms with Gasteiger partial charge in [0.2, 0.25) is 5.91 Å². The molecule has 2 aromatic carbocycles. The highest BCUT2D eigenvalue weighted by molar-refractivity contribution is 5.91. The number of para-hydroxylation sites is 1. The minimum Gasteiger partial charge on any atom is -0.406 e. The van der Waals surface area contributed by atoms with Crippen molar-refractivity contribution in [2.75, 3.05) is 5.32 Å². The number of anilines is 1. The van der Waals surface area contributed by atoms with Gasteiger partial charge < -0.3 is 10.1 Å². The van der Waals surface area contributed by atoms with Crippen LogP contribution in [0.4, 0.5) is 18.9 Å². The molecule has 0 spiro atoms. The third-order valence-corrected chi connectivity index (χ3v) is 3.72. The maximum absolute atomic E-state index is 12.5. The number of halogens is 3. The van der Waals surface area contributed by atoms with Gasteiger partial charge in [-0.3, -0.25) is 14.2 Å². The van der Waals surface area contributed by atoms with Crippen LogP contribution in [-0.2, 0) is 11.3 Å². The van der Waals surface area contributed by atoms with Crippen molar-refractivity contribution < 1.29 is 22.7 Å². The maximum atomic E-state index is 12.5. The summed E-state index contributed by atoms with van der Waals surface area (Å²) in [4.78, 5) is 28.8. The van der Waals surface area contributed by atoms with E-state index in [0.717, 1.165) is 22.3 Å². The number of hydrogen-bond donors (Lipinski definition) is 1. The van der Waals surface area contributed by atoms with Crippen LogP contribution in [0.3, 0.4) is 0 Å². The van der Waals surface area contributed by atoms with Gasteiger partial charge in [0.15, 0.2) is 0 Å². The Balaban J connectivity index is 1.77. The summed E-state index contributed by atoms with van der Waals surface area (Å²) in [5.74, 6) is -1.05. The van der Waals surface area contributed by atoms with Crippen molar-refractivity contribution in [2.45, 2.75) is 19.8 Å². The first-order valence-electron chi connectivity index (χ1n) is 7.83. The van der Waals surface area contributed by atoms with E-state index in [1.54, 1.807) is 12.1 Å². The molecule has 0 fully saturated rings. The number of benzene rings is 2. The Kier molecular flexibility index (Phi) is 4.85. The third kappa shape index (κ3) is 4.43. The molecule has 1 heterocycles. The Labute approximate surface area is 151 Å². The van der Waals surface area contributed by atoms with Crippen molar-refractivity contribution in [3.05, 3.63) is 64.7 Å². The monoisotopic (exact) mass is 377 g/mol. The first kappa shape index (κ1) is 18.4. The molecule has 0 unspecified atom stereocenters. The second kappa shape index (κ2) is 7.10. The van der Waals surface area contributed by atoms with Crippen LogP contribution in [0.1, 0.15) is 5.56 Å². The van der Waals surface area contributed by atoms with Crippen LogP contribution in [0.15, 0.2) is 53.6 Å². The quantitative estimate of drug-likeness (QED) is 0.758. The molecule has 140 valence electrons. The molecule has 9 heteroatoms. The highest BCUT2D eigenvalue weighted by Crippen LogP contribution is 2.25. The Bertz CT molecular complexity index is 1060. The fraction of sp³-hybridized carbons (Fsp3) is 0.167. The summed E-state index contributed by atoms with van der Waals surface area (Å²) in [6.45, 7) is 1.49. The van der Waals surface area contributed by atoms with Gasteiger partial charge in [0.25, 0.3) is 5.56 Å². The van der Waals surface area contributed by atoms with Crippen LogP contribution in [0.25, 0.3) is 10.9 Å². The largest absolute Gasteiger partial charge is 0.573 e. The molecule has 0 radical (unpaired) electrons. The lowest BCUT2D eigenvalue weighted by Gasteiger charge is -2.11. The van der Waals surface area contributed by atoms with Crippen LogP contribution in [0.5, 0.6) is 5.75 Å². The van der Waals surface area contributed by atoms with Crippen LogP contribution in [0, 0.1) is 6.92 Å². The Morgan fingerprint density at radius 1 is 1.22 bits per heavy atom. The Hall–Kier alpha value is -3.36. The molecular weight excluding hydrogens is 363 g/mol. The average molecular weight is 377 g/mol. The van der Waals surface area contributed by atoms with Gasteiger partial charge in [-0.1, -0.05) is 18.2 Å². The predicted octanol–water partition coefficient (Wildman–Crippen LogP) is 3.24. The fourth-order valence-corrected chi connectivity index (χ4v) is 2.58. The van der Waals surface area contributed by atoms with Gasteiger partial charge in [-0.15, -0.1) is 13.2 Å². The van der Waals surface area contributed by atoms with Gasteiger partial charge in [-0.2, -0.15) is 0 Å². The molecule has 3 rings (SSSR count). The van der Waals surface area contributed by atoms with Gasteiger partial charge in [-0.25, -0.2) is 4.98 Å². The number of carbonyl (C=O) groups is 1. The lowest BCUT2D eigenvalue weighted by Crippen LogP contribution is -2.28. The summed E-state index contributed by atoms with van der Waals surface area (Å²) in [5.41, 5.74) is 1.12. The number of fused-ring (bicyclic) bond motifs is 1. The number of alkyl halides is 3. The van der Waals surface area contributed by atoms with E-state index < -0.39 is 18.0 Å². The average Bonchev–Trinajstić information content (AvgIpc) is 2.57. The van der Waals surface area contributed by atoms with E-state index in [2.05, 4.69) is 15.0 Å². The molecule has 0 aliphatic heterocycles. The van der Waals surface area contributed by atoms with Crippen molar-refractivity contribution in [2.24, 2.45) is 0 Å². The van der Waals surface area contributed by atoms with Gasteiger partial charge in [0.05, 0.1) is 17.2 Å². The smallest absolute Gasteiger partial charge is 0.406 e. The number of amides is 1. The zero-order valence-corrected chi connectivity index (χ0v) is 14.1. The molecule has 0 bridgehead atoms. The van der Waals surface area contributed by atoms with Crippen molar-refractivity contribution in [1.82, 2.24) is 9.55 Å². The number of rotatable bonds is 4. The number of aromatic nitrogens is 2. The number of nitrogens with zero attached hydrogens (tertiary/aromatic N) is 2. The zero-order valence-electron chi connectivity index (χ0n) is 14.1. The van der Waals surface area contributed by atoms with Crippen LogP contribution in [0.2, 0.25) is 0 Å². The molecule has 0 saturated carbocycles. The minimum absolute atomic E-state index is 0.111. The SMILES string of the molecule is Cc1cccc2c(=O)n(CC(=O)Nc3cccc(OC(F)(F)F)c3)cnc12. The third-order valence-electron chi connectivity index (χ3n) is 3.72. The molecule has 0 atom stereocenters. The summed E-state index contributed by atoms with van der Waals surface area (Å²) in [7, 11) is 0. The molecular formula is C18H14F3N3O3. The summed E-state index contributed by atoms with van der Waals surface area (Å²) in [6.07, 6.45) is -3.56. The first-order valence-corrected chi connectivity index (χ1v) is 7.83. The normalized spacial score (nSPS) is 11.4. The summed E-state index contributed by atoms with van der Waals surface area (Å²) < 4.78 is 41.7. The molecule has 6 nitrogen and oxygen atoms in total. The van der Waals surface area contributed by atoms with E-state index in [1.807, 2.05) is 13.0 Å². The standard InChI is InChI=1S/C18H14F3N3O3/c1-11-4-2-7-14-16(11)22-10-24(17(14)26)9-15(25)23-12-5-3-6-13(8-12)27-18(19,20)21/h2-8,10H,9H2,1H3,(H,23,25). The van der Waals surface area contributed by atoms with Gasteiger partial charge in [0, 0.05) is 11.8 Å². The number of aryl methyl sites for hydroxylation is 1. The van der Waals surface area contributed by atoms with Crippen molar-refractivity contribution in [3.63, 3.8) is 0 Å². The molecule has 0 aliphatic rings. The number of hydrogen-bond acceptors (Lipinski definition) is 4. The molecule has 1 N–H and O–H groups in total. The second-order valence-electron chi connectivity index (χ2n) is 5.77. The second-order valence-corrected chi connectivity index (χ2v) is 5.77. The topological polar surface area (TPSA) is 73.2 Å². The number of carbonyl (C=O) groups excluding carboxylic acids is 1. The summed E-state index contributed by atoms with van der Waals surface area (Å²) in [5, 5.41) is 2.81. The van der Waals surface area contributed by atoms with Crippen LogP contribution < -0.4 is 15.6 Å². The van der Waals surface area contributed by atoms with Gasteiger partial charge in [0.1, 0.15) is 12.3 Å². The fourth-order valence-electron chi connectivity index (χ4n) is 2.58. The van der Waals surface area contributed by atoms with E-state index in [4.69, 9.17) is 0 Å². The lowest BCUT2D eigenvalue weighted by atomic mass is 10.1. The predicted molar refractivity (Wildman–Crippen MR) is 92.5 cm³/mol. The maximum Gasteiger partial charge on any atom is 0.573 e. The molecule has 1 amide bonds. The van der Waals surface area contributed by atoms with Gasteiger partial charge >= 0.3 is 6.36 Å². The number of nitrogens with one attached hydrogen (secondary N) is 1. The van der Waals surface area contributed by atoms with E-state index in [1.165, 1.54) is 18.5 Å². The van der Waals surface area contributed by atoms with Crippen LogP contribution >= 0.6 is 0 Å². The van der Waals surface area contributed by atoms with E-state index in [9.17, 15) is 22.8 Å². The molecule has 27 heavy (non-hydrogen) atoms. The molecule has 3 aromatic rings. The van der Waals surface area contributed by atoms with Crippen LogP contribution in [-0.4, -0.2) is 21.8 Å². The van der Waals surface area contributed by atoms with Crippen molar-refractivity contribution in [1.29, 1.82) is 0 Å². The van der Waals surface area contributed by atoms with E-state index in [0.29, 0.717) is 10.9 Å². The zero-order chi connectivity index (χ0) is 19.6. The summed E-state index contributed by atoms with van der Waals surface area (Å²) in [6, 6.07) is 10.0. The van der Waals surface area contributed by atoms with Crippen molar-refractivity contribution >= 4 is 22.5 Å². The molecule has 0 aliphatic carbocycles. The highest BCUT2D eigenvalue weighted by atomic mass is 19.4. The first-order chi connectivity index (χ1) is 12.7. The minimum atomic E-state index is -4.83. The summed E-state index contributed by atoms with van der Waals surface area (Å²) >= 11 is 0. The van der Waals surface area contributed by atoms with Gasteiger partial charge in [-0.05, 0) is 30.7 Å².